The van der Waals surface area contributed by atoms with Gasteiger partial charge in [0.2, 0.25) is 11.8 Å². The van der Waals surface area contributed by atoms with Crippen molar-refractivity contribution >= 4 is 23.8 Å². The van der Waals surface area contributed by atoms with Crippen molar-refractivity contribution < 1.29 is 24.6 Å². The number of nitrogens with one attached hydrogen (secondary N) is 1. The fraction of sp³-hybridized carbons (Fsp3) is 0.286. The number of carboxylic acids is 2. The number of aromatic amines is 1. The summed E-state index contributed by atoms with van der Waals surface area (Å²) in [5, 5.41) is 22.6. The third-order valence-electron chi connectivity index (χ3n) is 1.64. The molecule has 0 spiro atoms. The standard InChI is InChI=1S/C7H9N5O5/c8-7-9-5(10-11-7)6(17)12(1-3(13)14)2-4(15)16/h1-2H2,(H,13,14)(H,15,16)(H3,8,9,10,11). The maximum atomic E-state index is 11.6. The number of nitrogens with zero attached hydrogens (tertiary/aromatic N) is 3. The Morgan fingerprint density at radius 3 is 2.12 bits per heavy atom. The molecule has 0 saturated carbocycles. The number of rotatable bonds is 5. The molecule has 92 valence electrons. The van der Waals surface area contributed by atoms with E-state index in [1.165, 1.54) is 0 Å². The van der Waals surface area contributed by atoms with Crippen molar-refractivity contribution in [3.63, 3.8) is 0 Å². The van der Waals surface area contributed by atoms with E-state index in [4.69, 9.17) is 15.9 Å². The van der Waals surface area contributed by atoms with Gasteiger partial charge < -0.3 is 20.8 Å². The molecule has 0 aliphatic carbocycles. The minimum atomic E-state index is -1.34. The van der Waals surface area contributed by atoms with E-state index >= 15 is 0 Å². The lowest BCUT2D eigenvalue weighted by molar-refractivity contribution is -0.140. The van der Waals surface area contributed by atoms with E-state index in [1.54, 1.807) is 0 Å². The molecule has 0 bridgehead atoms. The minimum absolute atomic E-state index is 0.195. The molecule has 0 radical (unpaired) electrons. The number of amides is 1. The Morgan fingerprint density at radius 1 is 1.24 bits per heavy atom. The van der Waals surface area contributed by atoms with Crippen LogP contribution in [-0.4, -0.2) is 61.2 Å². The monoisotopic (exact) mass is 243 g/mol. The maximum absolute atomic E-state index is 11.6. The molecule has 0 aliphatic rings. The zero-order chi connectivity index (χ0) is 13.0. The van der Waals surface area contributed by atoms with Crippen LogP contribution in [0.3, 0.4) is 0 Å². The molecule has 1 aromatic heterocycles. The molecule has 0 saturated heterocycles. The van der Waals surface area contributed by atoms with Gasteiger partial charge in [-0.3, -0.25) is 19.5 Å². The molecule has 1 aromatic rings. The Hall–Kier alpha value is -2.65. The van der Waals surface area contributed by atoms with Crippen LogP contribution >= 0.6 is 0 Å². The minimum Gasteiger partial charge on any atom is -0.480 e. The summed E-state index contributed by atoms with van der Waals surface area (Å²) in [6.45, 7) is -1.52. The van der Waals surface area contributed by atoms with Gasteiger partial charge in [-0.05, 0) is 0 Å². The van der Waals surface area contributed by atoms with E-state index in [2.05, 4.69) is 15.2 Å². The van der Waals surface area contributed by atoms with Gasteiger partial charge in [0.15, 0.2) is 0 Å². The van der Waals surface area contributed by atoms with Gasteiger partial charge >= 0.3 is 11.9 Å². The fourth-order valence-electron chi connectivity index (χ4n) is 1.05. The molecule has 17 heavy (non-hydrogen) atoms. The summed E-state index contributed by atoms with van der Waals surface area (Å²) in [7, 11) is 0. The highest BCUT2D eigenvalue weighted by atomic mass is 16.4. The second-order valence-corrected chi connectivity index (χ2v) is 2.99. The molecule has 5 N–H and O–H groups in total. The first-order valence-electron chi connectivity index (χ1n) is 4.31. The zero-order valence-corrected chi connectivity index (χ0v) is 8.45. The number of hydrogen-bond donors (Lipinski definition) is 4. The van der Waals surface area contributed by atoms with Crippen LogP contribution in [0.4, 0.5) is 5.95 Å². The smallest absolute Gasteiger partial charge is 0.323 e. The Bertz CT molecular complexity index is 439. The highest BCUT2D eigenvalue weighted by Crippen LogP contribution is 2.00. The molecule has 0 atom stereocenters. The van der Waals surface area contributed by atoms with Crippen molar-refractivity contribution in [2.45, 2.75) is 0 Å². The Morgan fingerprint density at radius 2 is 1.76 bits per heavy atom. The number of H-pyrrole nitrogens is 1. The summed E-state index contributed by atoms with van der Waals surface area (Å²) in [6, 6.07) is 0. The van der Waals surface area contributed by atoms with Crippen molar-refractivity contribution in [2.24, 2.45) is 0 Å². The van der Waals surface area contributed by atoms with Crippen LogP contribution in [0.25, 0.3) is 0 Å². The summed E-state index contributed by atoms with van der Waals surface area (Å²) in [5.74, 6) is -4.10. The summed E-state index contributed by atoms with van der Waals surface area (Å²) in [6.07, 6.45) is 0. The molecule has 1 heterocycles. The van der Waals surface area contributed by atoms with E-state index in [9.17, 15) is 14.4 Å². The number of aromatic nitrogens is 3. The van der Waals surface area contributed by atoms with Crippen LogP contribution < -0.4 is 5.73 Å². The number of carboxylic acid groups (broad SMARTS) is 2. The summed E-state index contributed by atoms with van der Waals surface area (Å²) in [5.41, 5.74) is 5.16. The molecule has 10 heteroatoms. The highest BCUT2D eigenvalue weighted by Gasteiger charge is 2.23. The quantitative estimate of drug-likeness (QED) is 0.461. The van der Waals surface area contributed by atoms with Gasteiger partial charge in [0.1, 0.15) is 13.1 Å². The first-order chi connectivity index (χ1) is 7.90. The average molecular weight is 243 g/mol. The van der Waals surface area contributed by atoms with E-state index in [0.29, 0.717) is 4.90 Å². The van der Waals surface area contributed by atoms with Crippen LogP contribution in [0.15, 0.2) is 0 Å². The van der Waals surface area contributed by atoms with Crippen molar-refractivity contribution in [1.82, 2.24) is 20.1 Å². The van der Waals surface area contributed by atoms with E-state index in [1.807, 2.05) is 0 Å². The molecule has 0 unspecified atom stereocenters. The molecule has 1 rings (SSSR count). The summed E-state index contributed by atoms with van der Waals surface area (Å²) in [4.78, 5) is 36.7. The molecule has 0 aliphatic heterocycles. The van der Waals surface area contributed by atoms with Crippen LogP contribution in [-0.2, 0) is 9.59 Å². The van der Waals surface area contributed by atoms with Gasteiger partial charge in [0, 0.05) is 0 Å². The number of carbonyl (C=O) groups excluding carboxylic acids is 1. The van der Waals surface area contributed by atoms with Gasteiger partial charge in [-0.1, -0.05) is 0 Å². The van der Waals surface area contributed by atoms with Crippen molar-refractivity contribution in [1.29, 1.82) is 0 Å². The summed E-state index contributed by atoms with van der Waals surface area (Å²) < 4.78 is 0. The third-order valence-corrected chi connectivity index (χ3v) is 1.64. The topological polar surface area (TPSA) is 162 Å². The molecule has 10 nitrogen and oxygen atoms in total. The van der Waals surface area contributed by atoms with Crippen molar-refractivity contribution in [3.05, 3.63) is 5.82 Å². The van der Waals surface area contributed by atoms with E-state index < -0.39 is 30.9 Å². The second-order valence-electron chi connectivity index (χ2n) is 2.99. The largest absolute Gasteiger partial charge is 0.480 e. The normalized spacial score (nSPS) is 9.88. The van der Waals surface area contributed by atoms with Crippen molar-refractivity contribution in [3.8, 4) is 0 Å². The Labute approximate surface area is 94.0 Å². The Kier molecular flexibility index (Phi) is 3.59. The third kappa shape index (κ3) is 3.44. The van der Waals surface area contributed by atoms with Gasteiger partial charge in [-0.15, -0.1) is 5.10 Å². The Balaban J connectivity index is 2.85. The summed E-state index contributed by atoms with van der Waals surface area (Å²) >= 11 is 0. The number of nitrogens with two attached hydrogens (primary N) is 1. The van der Waals surface area contributed by atoms with Gasteiger partial charge in [-0.2, -0.15) is 4.98 Å². The molecule has 1 amide bonds. The van der Waals surface area contributed by atoms with Crippen LogP contribution in [0.2, 0.25) is 0 Å². The van der Waals surface area contributed by atoms with Crippen LogP contribution in [0, 0.1) is 0 Å². The SMILES string of the molecule is Nc1n[nH]c(C(=O)N(CC(=O)O)CC(=O)O)n1. The second kappa shape index (κ2) is 4.92. The number of aliphatic carboxylic acids is 2. The predicted octanol–water partition coefficient (Wildman–Crippen LogP) is -2.00. The number of hydrogen-bond acceptors (Lipinski definition) is 6. The first-order valence-corrected chi connectivity index (χ1v) is 4.31. The predicted molar refractivity (Wildman–Crippen MR) is 52.0 cm³/mol. The van der Waals surface area contributed by atoms with Crippen LogP contribution in [0.1, 0.15) is 10.6 Å². The van der Waals surface area contributed by atoms with Gasteiger partial charge in [0.25, 0.3) is 5.91 Å². The number of anilines is 1. The van der Waals surface area contributed by atoms with E-state index in [-0.39, 0.29) is 11.8 Å². The lowest BCUT2D eigenvalue weighted by Crippen LogP contribution is -2.39. The zero-order valence-electron chi connectivity index (χ0n) is 8.45. The van der Waals surface area contributed by atoms with Crippen molar-refractivity contribution in [2.75, 3.05) is 18.8 Å². The molecular formula is C7H9N5O5. The lowest BCUT2D eigenvalue weighted by atomic mass is 10.4. The van der Waals surface area contributed by atoms with Gasteiger partial charge in [0.05, 0.1) is 0 Å². The molecular weight excluding hydrogens is 234 g/mol. The first kappa shape index (κ1) is 12.4. The maximum Gasteiger partial charge on any atom is 0.323 e. The van der Waals surface area contributed by atoms with Gasteiger partial charge in [-0.25, -0.2) is 0 Å². The molecule has 0 aromatic carbocycles. The molecule has 0 fully saturated rings. The highest BCUT2D eigenvalue weighted by molar-refractivity contribution is 5.94. The van der Waals surface area contributed by atoms with Crippen LogP contribution in [0.5, 0.6) is 0 Å². The number of nitrogen functional groups attached to an aromatic ring is 1. The lowest BCUT2D eigenvalue weighted by Gasteiger charge is -2.16. The average Bonchev–Trinajstić information content (AvgIpc) is 2.61. The fourth-order valence-corrected chi connectivity index (χ4v) is 1.05. The van der Waals surface area contributed by atoms with E-state index in [0.717, 1.165) is 0 Å². The number of carbonyl (C=O) groups is 3.